The summed E-state index contributed by atoms with van der Waals surface area (Å²) in [7, 11) is 0. The van der Waals surface area contributed by atoms with Gasteiger partial charge in [0.2, 0.25) is 0 Å². The molecule has 1 aliphatic carbocycles. The molecule has 352 valence electrons. The Bertz CT molecular complexity index is 4070. The number of hydrogen-bond acceptors (Lipinski definition) is 1. The number of nitrogens with zero attached hydrogens (tertiary/aromatic N) is 2. The number of aromatic nitrogens is 1. The maximum atomic E-state index is 2.49. The molecule has 0 saturated heterocycles. The van der Waals surface area contributed by atoms with Crippen LogP contribution in [0.5, 0.6) is 0 Å². The van der Waals surface area contributed by atoms with Crippen LogP contribution in [0, 0.1) is 0 Å². The summed E-state index contributed by atoms with van der Waals surface area (Å²) in [6, 6.07) is 111. The first-order valence-corrected chi connectivity index (χ1v) is 25.9. The Morgan fingerprint density at radius 2 is 0.720 bits per heavy atom. The normalized spacial score (nSPS) is 12.4. The van der Waals surface area contributed by atoms with E-state index in [2.05, 4.69) is 313 Å². The lowest BCUT2D eigenvalue weighted by Crippen LogP contribution is -2.28. The predicted octanol–water partition coefficient (Wildman–Crippen LogP) is 19.3. The quantitative estimate of drug-likeness (QED) is 0.133. The smallest absolute Gasteiger partial charge is 0.0714 e. The van der Waals surface area contributed by atoms with Gasteiger partial charge in [-0.3, -0.25) is 0 Å². The predicted molar refractivity (Wildman–Crippen MR) is 315 cm³/mol. The molecule has 0 atom stereocenters. The van der Waals surface area contributed by atoms with Crippen molar-refractivity contribution in [2.45, 2.75) is 5.41 Å². The molecule has 0 amide bonds. The van der Waals surface area contributed by atoms with Gasteiger partial charge in [-0.05, 0) is 127 Å². The van der Waals surface area contributed by atoms with Crippen molar-refractivity contribution in [2.75, 3.05) is 4.90 Å². The molecular formula is C73H50N2. The van der Waals surface area contributed by atoms with E-state index in [0.29, 0.717) is 0 Å². The molecule has 0 fully saturated rings. The highest BCUT2D eigenvalue weighted by molar-refractivity contribution is 6.11. The van der Waals surface area contributed by atoms with Crippen molar-refractivity contribution in [3.8, 4) is 61.3 Å². The van der Waals surface area contributed by atoms with E-state index in [4.69, 9.17) is 0 Å². The van der Waals surface area contributed by atoms with Crippen LogP contribution >= 0.6 is 0 Å². The lowest BCUT2D eigenvalue weighted by atomic mass is 9.67. The van der Waals surface area contributed by atoms with Crippen LogP contribution in [-0.4, -0.2) is 4.57 Å². The minimum absolute atomic E-state index is 0.511. The molecule has 1 aromatic heterocycles. The van der Waals surface area contributed by atoms with Gasteiger partial charge in [0.25, 0.3) is 0 Å². The highest BCUT2D eigenvalue weighted by Crippen LogP contribution is 2.57. The van der Waals surface area contributed by atoms with Gasteiger partial charge in [0.15, 0.2) is 0 Å². The number of rotatable bonds is 10. The van der Waals surface area contributed by atoms with E-state index in [0.717, 1.165) is 45.0 Å². The molecule has 13 aromatic rings. The third kappa shape index (κ3) is 7.33. The molecule has 1 aliphatic rings. The van der Waals surface area contributed by atoms with Crippen LogP contribution < -0.4 is 4.90 Å². The Morgan fingerprint density at radius 3 is 1.35 bits per heavy atom. The number of hydrogen-bond donors (Lipinski definition) is 0. The van der Waals surface area contributed by atoms with Crippen molar-refractivity contribution < 1.29 is 0 Å². The monoisotopic (exact) mass is 954 g/mol. The third-order valence-electron chi connectivity index (χ3n) is 15.5. The van der Waals surface area contributed by atoms with Crippen molar-refractivity contribution in [2.24, 2.45) is 0 Å². The van der Waals surface area contributed by atoms with Crippen LogP contribution in [0.15, 0.2) is 303 Å². The summed E-state index contributed by atoms with van der Waals surface area (Å²) in [5, 5.41) is 2.45. The minimum atomic E-state index is -0.511. The summed E-state index contributed by atoms with van der Waals surface area (Å²) in [5.41, 5.74) is 23.3. The topological polar surface area (TPSA) is 8.17 Å². The second kappa shape index (κ2) is 18.4. The fourth-order valence-corrected chi connectivity index (χ4v) is 12.1. The highest BCUT2D eigenvalue weighted by atomic mass is 15.1. The van der Waals surface area contributed by atoms with E-state index in [1.54, 1.807) is 0 Å². The number of fused-ring (bicyclic) bond motifs is 6. The standard InChI is InChI=1S/C73H50N2/c1-5-21-51(22-6-1)53-37-42-58(43-38-53)74(59-44-39-54(40-45-59)52-23-7-2-8-24-52)70-35-19-16-32-65(70)62-30-14-13-29-61(62)55-41-47-67-66-33-17-20-36-71(66)75(72(67)49-55)60-46-48-64-63-31-15-18-34-68(63)73(69(64)50-60,56-25-9-3-10-26-56)57-27-11-4-12-28-57/h1-50H. The molecule has 2 nitrogen and oxygen atoms in total. The molecule has 0 spiro atoms. The van der Waals surface area contributed by atoms with Crippen LogP contribution in [-0.2, 0) is 5.41 Å². The van der Waals surface area contributed by atoms with E-state index in [9.17, 15) is 0 Å². The van der Waals surface area contributed by atoms with Gasteiger partial charge in [0, 0.05) is 33.4 Å². The third-order valence-corrected chi connectivity index (χ3v) is 15.5. The fraction of sp³-hybridized carbons (Fsp3) is 0.0137. The maximum absolute atomic E-state index is 2.49. The maximum Gasteiger partial charge on any atom is 0.0714 e. The van der Waals surface area contributed by atoms with Crippen molar-refractivity contribution in [3.05, 3.63) is 326 Å². The zero-order chi connectivity index (χ0) is 49.7. The molecule has 0 unspecified atom stereocenters. The summed E-state index contributed by atoms with van der Waals surface area (Å²) < 4.78 is 2.49. The lowest BCUT2D eigenvalue weighted by Gasteiger charge is -2.34. The van der Waals surface area contributed by atoms with Gasteiger partial charge in [-0.1, -0.05) is 249 Å². The number of benzene rings is 12. The molecule has 14 rings (SSSR count). The average Bonchev–Trinajstić information content (AvgIpc) is 4.01. The van der Waals surface area contributed by atoms with E-state index < -0.39 is 5.41 Å². The first-order valence-electron chi connectivity index (χ1n) is 25.9. The average molecular weight is 955 g/mol. The Labute approximate surface area is 438 Å². The molecule has 12 aromatic carbocycles. The Kier molecular flexibility index (Phi) is 10.8. The van der Waals surface area contributed by atoms with Crippen molar-refractivity contribution >= 4 is 38.9 Å². The summed E-state index contributed by atoms with van der Waals surface area (Å²) >= 11 is 0. The molecule has 0 bridgehead atoms. The summed E-state index contributed by atoms with van der Waals surface area (Å²) in [5.74, 6) is 0. The lowest BCUT2D eigenvalue weighted by molar-refractivity contribution is 0.767. The Balaban J connectivity index is 0.934. The zero-order valence-electron chi connectivity index (χ0n) is 41.3. The minimum Gasteiger partial charge on any atom is -0.310 e. The number of para-hydroxylation sites is 2. The van der Waals surface area contributed by atoms with Crippen molar-refractivity contribution in [1.29, 1.82) is 0 Å². The van der Waals surface area contributed by atoms with Gasteiger partial charge in [-0.25, -0.2) is 0 Å². The van der Waals surface area contributed by atoms with Crippen molar-refractivity contribution in [1.82, 2.24) is 4.57 Å². The first kappa shape index (κ1) is 44.0. The van der Waals surface area contributed by atoms with Gasteiger partial charge in [-0.15, -0.1) is 0 Å². The highest BCUT2D eigenvalue weighted by Gasteiger charge is 2.46. The van der Waals surface area contributed by atoms with E-state index in [-0.39, 0.29) is 0 Å². The second-order valence-corrected chi connectivity index (χ2v) is 19.6. The van der Waals surface area contributed by atoms with Crippen LogP contribution in [0.2, 0.25) is 0 Å². The van der Waals surface area contributed by atoms with Crippen molar-refractivity contribution in [3.63, 3.8) is 0 Å². The van der Waals surface area contributed by atoms with Gasteiger partial charge in [-0.2, -0.15) is 0 Å². The number of anilines is 3. The molecule has 0 radical (unpaired) electrons. The van der Waals surface area contributed by atoms with E-state index >= 15 is 0 Å². The molecule has 75 heavy (non-hydrogen) atoms. The zero-order valence-corrected chi connectivity index (χ0v) is 41.3. The fourth-order valence-electron chi connectivity index (χ4n) is 12.1. The van der Waals surface area contributed by atoms with Crippen LogP contribution in [0.3, 0.4) is 0 Å². The summed E-state index contributed by atoms with van der Waals surface area (Å²) in [6.45, 7) is 0. The van der Waals surface area contributed by atoms with E-state index in [1.165, 1.54) is 77.5 Å². The van der Waals surface area contributed by atoms with Gasteiger partial charge in [0.1, 0.15) is 0 Å². The van der Waals surface area contributed by atoms with Crippen LogP contribution in [0.4, 0.5) is 17.1 Å². The second-order valence-electron chi connectivity index (χ2n) is 19.6. The van der Waals surface area contributed by atoms with E-state index in [1.807, 2.05) is 0 Å². The molecule has 0 N–H and O–H groups in total. The van der Waals surface area contributed by atoms with Crippen LogP contribution in [0.1, 0.15) is 22.3 Å². The van der Waals surface area contributed by atoms with Gasteiger partial charge < -0.3 is 9.47 Å². The first-order chi connectivity index (χ1) is 37.2. The summed E-state index contributed by atoms with van der Waals surface area (Å²) in [6.07, 6.45) is 0. The van der Waals surface area contributed by atoms with Gasteiger partial charge in [0.05, 0.1) is 22.1 Å². The molecule has 0 aliphatic heterocycles. The molecule has 0 saturated carbocycles. The van der Waals surface area contributed by atoms with Gasteiger partial charge >= 0.3 is 0 Å². The Hall–Kier alpha value is -9.76. The summed E-state index contributed by atoms with van der Waals surface area (Å²) in [4.78, 5) is 2.41. The molecule has 2 heteroatoms. The van der Waals surface area contributed by atoms with Crippen LogP contribution in [0.25, 0.3) is 83.1 Å². The Morgan fingerprint density at radius 1 is 0.267 bits per heavy atom. The molecule has 1 heterocycles. The molecular weight excluding hydrogens is 905 g/mol. The SMILES string of the molecule is c1ccc(-c2ccc(N(c3ccc(-c4ccccc4)cc3)c3ccccc3-c3ccccc3-c3ccc4c5ccccc5n(-c5ccc6c(c5)C(c5ccccc5)(c5ccccc5)c5ccccc5-6)c4c3)cc2)cc1. The largest absolute Gasteiger partial charge is 0.310 e.